The van der Waals surface area contributed by atoms with Gasteiger partial charge >= 0.3 is 6.29 Å². The number of aromatic nitrogens is 2. The van der Waals surface area contributed by atoms with E-state index in [4.69, 9.17) is 11.5 Å². The maximum absolute atomic E-state index is 12.9. The van der Waals surface area contributed by atoms with Crippen LogP contribution in [0.4, 0.5) is 26.1 Å². The molecule has 0 saturated carbocycles. The number of nitrogens with one attached hydrogen (secondary N) is 1. The number of benzene rings is 1. The van der Waals surface area contributed by atoms with E-state index in [0.29, 0.717) is 0 Å². The molecule has 1 aliphatic rings. The molecule has 11 heteroatoms. The SMILES string of the molecule is Nc1cc(N)nc(SCC(=O)Nc2ccc3c(c2)OC(F)(F)O3)n1. The van der Waals surface area contributed by atoms with Crippen molar-refractivity contribution in [3.8, 4) is 11.5 Å². The lowest BCUT2D eigenvalue weighted by Crippen LogP contribution is -2.25. The number of alkyl halides is 2. The first-order chi connectivity index (χ1) is 11.3. The first-order valence-electron chi connectivity index (χ1n) is 6.53. The van der Waals surface area contributed by atoms with Gasteiger partial charge in [-0.1, -0.05) is 11.8 Å². The Kier molecular flexibility index (Phi) is 4.01. The number of halogens is 2. The number of anilines is 3. The maximum atomic E-state index is 12.9. The van der Waals surface area contributed by atoms with Crippen molar-refractivity contribution in [3.63, 3.8) is 0 Å². The number of carbonyl (C=O) groups excluding carboxylic acids is 1. The zero-order valence-corrected chi connectivity index (χ0v) is 12.8. The Morgan fingerprint density at radius 2 is 1.83 bits per heavy atom. The Bertz CT molecular complexity index is 785. The van der Waals surface area contributed by atoms with Crippen LogP contribution < -0.4 is 26.3 Å². The minimum Gasteiger partial charge on any atom is -0.395 e. The fourth-order valence-electron chi connectivity index (χ4n) is 1.88. The molecule has 0 spiro atoms. The van der Waals surface area contributed by atoms with E-state index < -0.39 is 12.2 Å². The third-order valence-electron chi connectivity index (χ3n) is 2.76. The molecule has 0 unspecified atom stereocenters. The summed E-state index contributed by atoms with van der Waals surface area (Å²) in [6, 6.07) is 5.34. The van der Waals surface area contributed by atoms with Crippen LogP contribution in [0.5, 0.6) is 11.5 Å². The topological polar surface area (TPSA) is 125 Å². The summed E-state index contributed by atoms with van der Waals surface area (Å²) in [7, 11) is 0. The molecule has 0 bridgehead atoms. The van der Waals surface area contributed by atoms with Crippen LogP contribution >= 0.6 is 11.8 Å². The minimum absolute atomic E-state index is 0.0203. The highest BCUT2D eigenvalue weighted by molar-refractivity contribution is 7.99. The molecule has 3 rings (SSSR count). The fourth-order valence-corrected chi connectivity index (χ4v) is 2.55. The molecule has 1 amide bonds. The van der Waals surface area contributed by atoms with Crippen LogP contribution in [0, 0.1) is 0 Å². The summed E-state index contributed by atoms with van der Waals surface area (Å²) in [5.41, 5.74) is 11.3. The number of nitrogens with two attached hydrogens (primary N) is 2. The average molecular weight is 355 g/mol. The molecule has 126 valence electrons. The number of hydrogen-bond donors (Lipinski definition) is 3. The van der Waals surface area contributed by atoms with Gasteiger partial charge in [0.2, 0.25) is 5.91 Å². The Morgan fingerprint density at radius 1 is 1.17 bits per heavy atom. The van der Waals surface area contributed by atoms with Crippen LogP contribution in [0.25, 0.3) is 0 Å². The fraction of sp³-hybridized carbons (Fsp3) is 0.154. The van der Waals surface area contributed by atoms with E-state index >= 15 is 0 Å². The van der Waals surface area contributed by atoms with Crippen molar-refractivity contribution in [2.24, 2.45) is 0 Å². The average Bonchev–Trinajstić information content (AvgIpc) is 2.77. The van der Waals surface area contributed by atoms with Gasteiger partial charge in [0.25, 0.3) is 0 Å². The third kappa shape index (κ3) is 3.74. The molecule has 1 aromatic heterocycles. The van der Waals surface area contributed by atoms with Crippen LogP contribution in [-0.4, -0.2) is 27.9 Å². The second kappa shape index (κ2) is 6.00. The minimum atomic E-state index is -3.70. The van der Waals surface area contributed by atoms with Crippen molar-refractivity contribution < 1.29 is 23.0 Å². The van der Waals surface area contributed by atoms with Gasteiger partial charge in [-0.05, 0) is 12.1 Å². The van der Waals surface area contributed by atoms with Gasteiger partial charge < -0.3 is 26.3 Å². The highest BCUT2D eigenvalue weighted by Crippen LogP contribution is 2.42. The molecule has 0 atom stereocenters. The number of thioether (sulfide) groups is 1. The molecule has 1 aromatic carbocycles. The van der Waals surface area contributed by atoms with E-state index in [0.717, 1.165) is 11.8 Å². The van der Waals surface area contributed by atoms with Gasteiger partial charge in [-0.2, -0.15) is 0 Å². The summed E-state index contributed by atoms with van der Waals surface area (Å²) in [6.45, 7) is 0. The quantitative estimate of drug-likeness (QED) is 0.559. The van der Waals surface area contributed by atoms with E-state index in [1.807, 2.05) is 0 Å². The molecule has 0 saturated heterocycles. The number of ether oxygens (including phenoxy) is 2. The number of hydrogen-bond acceptors (Lipinski definition) is 8. The van der Waals surface area contributed by atoms with Crippen molar-refractivity contribution in [1.29, 1.82) is 0 Å². The number of fused-ring (bicyclic) bond motifs is 1. The van der Waals surface area contributed by atoms with E-state index in [2.05, 4.69) is 24.8 Å². The second-order valence-corrected chi connectivity index (χ2v) is 5.61. The first-order valence-corrected chi connectivity index (χ1v) is 7.52. The van der Waals surface area contributed by atoms with Gasteiger partial charge in [0.1, 0.15) is 11.6 Å². The Hall–Kier alpha value is -2.82. The molecule has 0 aliphatic carbocycles. The normalized spacial score (nSPS) is 14.4. The van der Waals surface area contributed by atoms with E-state index in [1.54, 1.807) is 0 Å². The van der Waals surface area contributed by atoms with Crippen molar-refractivity contribution >= 4 is 35.0 Å². The third-order valence-corrected chi connectivity index (χ3v) is 3.61. The predicted molar refractivity (Wildman–Crippen MR) is 82.9 cm³/mol. The molecule has 5 N–H and O–H groups in total. The molecule has 2 aromatic rings. The zero-order valence-electron chi connectivity index (χ0n) is 12.0. The van der Waals surface area contributed by atoms with Crippen LogP contribution in [0.15, 0.2) is 29.4 Å². The van der Waals surface area contributed by atoms with Gasteiger partial charge in [-0.3, -0.25) is 4.79 Å². The van der Waals surface area contributed by atoms with Crippen molar-refractivity contribution in [2.45, 2.75) is 11.5 Å². The summed E-state index contributed by atoms with van der Waals surface area (Å²) in [5.74, 6) is -0.277. The number of carbonyl (C=O) groups is 1. The number of amides is 1. The molecule has 24 heavy (non-hydrogen) atoms. The lowest BCUT2D eigenvalue weighted by molar-refractivity contribution is -0.286. The number of rotatable bonds is 4. The van der Waals surface area contributed by atoms with Gasteiger partial charge in [0.15, 0.2) is 16.7 Å². The largest absolute Gasteiger partial charge is 0.586 e. The van der Waals surface area contributed by atoms with Gasteiger partial charge in [0.05, 0.1) is 5.75 Å². The van der Waals surface area contributed by atoms with Crippen LogP contribution in [-0.2, 0) is 4.79 Å². The zero-order chi connectivity index (χ0) is 17.3. The standard InChI is InChI=1S/C13H11F2N5O3S/c14-13(15)22-7-2-1-6(3-8(7)23-13)18-11(21)5-24-12-19-9(16)4-10(17)20-12/h1-4H,5H2,(H,18,21)(H4,16,17,19,20). The smallest absolute Gasteiger partial charge is 0.395 e. The van der Waals surface area contributed by atoms with E-state index in [-0.39, 0.29) is 39.7 Å². The monoisotopic (exact) mass is 355 g/mol. The Labute approximate surface area is 138 Å². The van der Waals surface area contributed by atoms with Crippen LogP contribution in [0.2, 0.25) is 0 Å². The molecular weight excluding hydrogens is 344 g/mol. The number of nitrogen functional groups attached to an aromatic ring is 2. The molecule has 8 nitrogen and oxygen atoms in total. The second-order valence-electron chi connectivity index (χ2n) is 4.67. The first kappa shape index (κ1) is 16.1. The van der Waals surface area contributed by atoms with E-state index in [9.17, 15) is 13.6 Å². The molecule has 0 radical (unpaired) electrons. The van der Waals surface area contributed by atoms with Crippen molar-refractivity contribution in [1.82, 2.24) is 9.97 Å². The maximum Gasteiger partial charge on any atom is 0.586 e. The molecule has 0 fully saturated rings. The number of nitrogens with zero attached hydrogens (tertiary/aromatic N) is 2. The van der Waals surface area contributed by atoms with Crippen LogP contribution in [0.1, 0.15) is 0 Å². The lowest BCUT2D eigenvalue weighted by Gasteiger charge is -2.06. The summed E-state index contributed by atoms with van der Waals surface area (Å²) < 4.78 is 34.5. The van der Waals surface area contributed by atoms with Crippen LogP contribution in [0.3, 0.4) is 0 Å². The van der Waals surface area contributed by atoms with Gasteiger partial charge in [-0.15, -0.1) is 8.78 Å². The highest BCUT2D eigenvalue weighted by atomic mass is 32.2. The molecule has 2 heterocycles. The molecular formula is C13H11F2N5O3S. The van der Waals surface area contributed by atoms with Crippen molar-refractivity contribution in [2.75, 3.05) is 22.5 Å². The van der Waals surface area contributed by atoms with Gasteiger partial charge in [0, 0.05) is 17.8 Å². The Balaban J connectivity index is 1.60. The summed E-state index contributed by atoms with van der Waals surface area (Å²) in [4.78, 5) is 19.8. The summed E-state index contributed by atoms with van der Waals surface area (Å²) in [6.07, 6.45) is -3.70. The Morgan fingerprint density at radius 3 is 2.54 bits per heavy atom. The van der Waals surface area contributed by atoms with Gasteiger partial charge in [-0.25, -0.2) is 9.97 Å². The predicted octanol–water partition coefficient (Wildman–Crippen LogP) is 1.69. The summed E-state index contributed by atoms with van der Waals surface area (Å²) >= 11 is 1.03. The van der Waals surface area contributed by atoms with Crippen molar-refractivity contribution in [3.05, 3.63) is 24.3 Å². The highest BCUT2D eigenvalue weighted by Gasteiger charge is 2.43. The van der Waals surface area contributed by atoms with E-state index in [1.165, 1.54) is 24.3 Å². The summed E-state index contributed by atoms with van der Waals surface area (Å²) in [5, 5.41) is 2.80. The lowest BCUT2D eigenvalue weighted by atomic mass is 10.3. The molecule has 1 aliphatic heterocycles.